The summed E-state index contributed by atoms with van der Waals surface area (Å²) >= 11 is 0. The van der Waals surface area contributed by atoms with Gasteiger partial charge in [0.1, 0.15) is 5.70 Å². The first-order chi connectivity index (χ1) is 10.3. The number of carbonyl (C=O) groups excluding carboxylic acids is 1. The Morgan fingerprint density at radius 1 is 0.905 bits per heavy atom. The fourth-order valence-corrected chi connectivity index (χ4v) is 2.91. The van der Waals surface area contributed by atoms with E-state index >= 15 is 0 Å². The molecule has 0 unspecified atom stereocenters. The normalized spacial score (nSPS) is 25.2. The van der Waals surface area contributed by atoms with Crippen molar-refractivity contribution >= 4 is 11.9 Å². The van der Waals surface area contributed by atoms with Gasteiger partial charge in [0.15, 0.2) is 5.84 Å². The number of amides is 2. The molecule has 1 N–H and O–H groups in total. The lowest BCUT2D eigenvalue weighted by Crippen LogP contribution is -2.33. The van der Waals surface area contributed by atoms with Gasteiger partial charge in [-0.25, -0.2) is 4.79 Å². The summed E-state index contributed by atoms with van der Waals surface area (Å²) in [5, 5.41) is 9.83. The molecule has 1 aliphatic heterocycles. The monoisotopic (exact) mass is 290 g/mol. The molecule has 0 aromatic rings. The van der Waals surface area contributed by atoms with Gasteiger partial charge in [0.25, 0.3) is 0 Å². The highest BCUT2D eigenvalue weighted by molar-refractivity contribution is 6.08. The Bertz CT molecular complexity index is 416. The Labute approximate surface area is 127 Å². The van der Waals surface area contributed by atoms with Gasteiger partial charge < -0.3 is 0 Å². The van der Waals surface area contributed by atoms with Gasteiger partial charge in [0, 0.05) is 0 Å². The molecule has 1 saturated carbocycles. The van der Waals surface area contributed by atoms with E-state index in [2.05, 4.69) is 27.1 Å². The fourth-order valence-electron chi connectivity index (χ4n) is 2.91. The number of nitrogens with one attached hydrogen (secondary N) is 1. The molecule has 0 bridgehead atoms. The molecule has 0 saturated heterocycles. The van der Waals surface area contributed by atoms with Crippen LogP contribution in [0.1, 0.15) is 70.6 Å². The highest BCUT2D eigenvalue weighted by atomic mass is 16.2. The molecule has 1 heterocycles. The van der Waals surface area contributed by atoms with Crippen molar-refractivity contribution in [2.24, 2.45) is 15.2 Å². The first kappa shape index (κ1) is 15.9. The fraction of sp³-hybridized carbons (Fsp3) is 0.750. The van der Waals surface area contributed by atoms with E-state index in [9.17, 15) is 4.79 Å². The van der Waals surface area contributed by atoms with Crippen molar-refractivity contribution < 1.29 is 4.79 Å². The molecule has 2 aliphatic rings. The number of urea groups is 1. The van der Waals surface area contributed by atoms with E-state index in [4.69, 9.17) is 0 Å². The summed E-state index contributed by atoms with van der Waals surface area (Å²) in [5.74, 6) is 0.507. The molecule has 0 aromatic carbocycles. The van der Waals surface area contributed by atoms with Crippen molar-refractivity contribution in [1.82, 2.24) is 5.32 Å². The number of rotatable bonds is 1. The molecule has 5 heteroatoms. The van der Waals surface area contributed by atoms with Crippen LogP contribution in [0.2, 0.25) is 0 Å². The summed E-state index contributed by atoms with van der Waals surface area (Å²) < 4.78 is 0. The van der Waals surface area contributed by atoms with Gasteiger partial charge in [-0.3, -0.25) is 10.3 Å². The minimum absolute atomic E-state index is 0.268. The van der Waals surface area contributed by atoms with E-state index in [1.807, 2.05) is 0 Å². The second kappa shape index (κ2) is 8.70. The Balaban J connectivity index is 1.95. The third-order valence-corrected chi connectivity index (χ3v) is 4.15. The van der Waals surface area contributed by atoms with Crippen LogP contribution >= 0.6 is 0 Å². The van der Waals surface area contributed by atoms with E-state index in [0.29, 0.717) is 11.5 Å². The Hall–Kier alpha value is -1.52. The topological polar surface area (TPSA) is 66.2 Å². The molecule has 116 valence electrons. The Kier molecular flexibility index (Phi) is 6.57. The van der Waals surface area contributed by atoms with Crippen LogP contribution in [0.15, 0.2) is 27.5 Å². The van der Waals surface area contributed by atoms with E-state index in [0.717, 1.165) is 12.8 Å². The van der Waals surface area contributed by atoms with Crippen molar-refractivity contribution in [2.75, 3.05) is 0 Å². The molecule has 5 nitrogen and oxygen atoms in total. The van der Waals surface area contributed by atoms with Gasteiger partial charge in [0.05, 0.1) is 6.04 Å². The average Bonchev–Trinajstić information content (AvgIpc) is 2.45. The smallest absolute Gasteiger partial charge is 0.288 e. The van der Waals surface area contributed by atoms with Crippen LogP contribution < -0.4 is 5.32 Å². The van der Waals surface area contributed by atoms with Crippen molar-refractivity contribution in [2.45, 2.75) is 76.7 Å². The zero-order valence-corrected chi connectivity index (χ0v) is 12.8. The summed E-state index contributed by atoms with van der Waals surface area (Å²) in [6, 6.07) is -0.181. The molecule has 2 rings (SSSR count). The Morgan fingerprint density at radius 3 is 2.00 bits per heavy atom. The number of nitrogens with zero attached hydrogens (tertiary/aromatic N) is 3. The minimum Gasteiger partial charge on any atom is -0.288 e. The molecular formula is C16H26N4O. The second-order valence-corrected chi connectivity index (χ2v) is 5.97. The number of aliphatic imine (C=N–C) groups is 1. The van der Waals surface area contributed by atoms with Crippen molar-refractivity contribution in [3.63, 3.8) is 0 Å². The Morgan fingerprint density at radius 2 is 1.43 bits per heavy atom. The maximum absolute atomic E-state index is 11.3. The molecule has 2 amide bonds. The molecular weight excluding hydrogens is 264 g/mol. The van der Waals surface area contributed by atoms with Crippen LogP contribution in [0.3, 0.4) is 0 Å². The van der Waals surface area contributed by atoms with Crippen LogP contribution in [-0.2, 0) is 0 Å². The molecule has 0 spiro atoms. The average molecular weight is 290 g/mol. The number of hydrogen-bond acceptors (Lipinski definition) is 3. The van der Waals surface area contributed by atoms with Crippen LogP contribution in [-0.4, -0.2) is 17.9 Å². The van der Waals surface area contributed by atoms with Gasteiger partial charge in [-0.1, -0.05) is 69.5 Å². The lowest BCUT2D eigenvalue weighted by Gasteiger charge is -2.17. The summed E-state index contributed by atoms with van der Waals surface area (Å²) in [6.07, 6.45) is 14.0. The molecule has 1 fully saturated rings. The van der Waals surface area contributed by atoms with Crippen molar-refractivity contribution in [3.8, 4) is 0 Å². The quantitative estimate of drug-likeness (QED) is 0.744. The zero-order chi connectivity index (χ0) is 14.9. The van der Waals surface area contributed by atoms with E-state index in [1.54, 1.807) is 0 Å². The minimum atomic E-state index is -0.450. The van der Waals surface area contributed by atoms with Crippen LogP contribution in [0, 0.1) is 0 Å². The molecule has 0 radical (unpaired) electrons. The summed E-state index contributed by atoms with van der Waals surface area (Å²) in [5.41, 5.74) is 0.459. The van der Waals surface area contributed by atoms with Crippen LogP contribution in [0.4, 0.5) is 4.79 Å². The summed E-state index contributed by atoms with van der Waals surface area (Å²) in [7, 11) is 0. The SMILES string of the molecule is C=C1N=NC(=O)NC1=NC1CCCCCCCCCCC1. The predicted octanol–water partition coefficient (Wildman–Crippen LogP) is 4.75. The molecule has 0 atom stereocenters. The van der Waals surface area contributed by atoms with Crippen LogP contribution in [0.5, 0.6) is 0 Å². The standard InChI is InChI=1S/C16H26N4O/c1-13-15(18-16(21)20-19-13)17-14-11-9-7-5-3-2-4-6-8-10-12-14/h14H,1-12H2,(H,17,18,21). The van der Waals surface area contributed by atoms with E-state index in [-0.39, 0.29) is 6.04 Å². The zero-order valence-electron chi connectivity index (χ0n) is 12.8. The number of azo groups is 1. The number of hydrogen-bond donors (Lipinski definition) is 1. The first-order valence-electron chi connectivity index (χ1n) is 8.25. The van der Waals surface area contributed by atoms with Gasteiger partial charge in [-0.05, 0) is 12.8 Å². The highest BCUT2D eigenvalue weighted by Crippen LogP contribution is 2.19. The number of carbonyl (C=O) groups is 1. The molecule has 1 aliphatic carbocycles. The third kappa shape index (κ3) is 5.78. The van der Waals surface area contributed by atoms with E-state index < -0.39 is 6.03 Å². The van der Waals surface area contributed by atoms with Gasteiger partial charge in [-0.15, -0.1) is 5.11 Å². The number of amidine groups is 1. The maximum atomic E-state index is 11.3. The largest absolute Gasteiger partial charge is 0.365 e. The lowest BCUT2D eigenvalue weighted by molar-refractivity contribution is 0.251. The molecule has 0 aromatic heterocycles. The first-order valence-corrected chi connectivity index (χ1v) is 8.25. The highest BCUT2D eigenvalue weighted by Gasteiger charge is 2.17. The molecule has 21 heavy (non-hydrogen) atoms. The van der Waals surface area contributed by atoms with E-state index in [1.165, 1.54) is 57.8 Å². The third-order valence-electron chi connectivity index (χ3n) is 4.15. The maximum Gasteiger partial charge on any atom is 0.365 e. The van der Waals surface area contributed by atoms with Crippen molar-refractivity contribution in [3.05, 3.63) is 12.3 Å². The van der Waals surface area contributed by atoms with Gasteiger partial charge in [0.2, 0.25) is 0 Å². The van der Waals surface area contributed by atoms with Crippen LogP contribution in [0.25, 0.3) is 0 Å². The van der Waals surface area contributed by atoms with Gasteiger partial charge in [-0.2, -0.15) is 0 Å². The second-order valence-electron chi connectivity index (χ2n) is 5.97. The van der Waals surface area contributed by atoms with Gasteiger partial charge >= 0.3 is 6.03 Å². The van der Waals surface area contributed by atoms with Crippen molar-refractivity contribution in [1.29, 1.82) is 0 Å². The summed E-state index contributed by atoms with van der Waals surface area (Å²) in [4.78, 5) is 16.0. The predicted molar refractivity (Wildman–Crippen MR) is 84.5 cm³/mol. The summed E-state index contributed by atoms with van der Waals surface area (Å²) in [6.45, 7) is 3.79. The lowest BCUT2D eigenvalue weighted by atomic mass is 9.98.